The molecule has 0 aliphatic rings. The Morgan fingerprint density at radius 3 is 2.71 bits per heavy atom. The number of pyridine rings is 1. The SMILES string of the molecule is O=C(Nc1cccnc1Oc1ccccc1)c1ccsc1. The molecule has 0 bridgehead atoms. The lowest BCUT2D eigenvalue weighted by Crippen LogP contribution is -2.11. The maximum Gasteiger partial charge on any atom is 0.256 e. The second-order valence-corrected chi connectivity index (χ2v) is 5.02. The molecule has 5 heteroatoms. The molecule has 0 aliphatic carbocycles. The smallest absolute Gasteiger partial charge is 0.256 e. The molecule has 1 amide bonds. The van der Waals surface area contributed by atoms with E-state index >= 15 is 0 Å². The van der Waals surface area contributed by atoms with Gasteiger partial charge in [0.25, 0.3) is 5.91 Å². The number of hydrogen-bond acceptors (Lipinski definition) is 4. The Hall–Kier alpha value is -2.66. The lowest BCUT2D eigenvalue weighted by Gasteiger charge is -2.10. The molecular weight excluding hydrogens is 284 g/mol. The quantitative estimate of drug-likeness (QED) is 0.785. The van der Waals surface area contributed by atoms with Crippen LogP contribution in [0.15, 0.2) is 65.5 Å². The fourth-order valence-corrected chi connectivity index (χ4v) is 2.39. The summed E-state index contributed by atoms with van der Waals surface area (Å²) >= 11 is 1.48. The van der Waals surface area contributed by atoms with Gasteiger partial charge in [0.2, 0.25) is 5.88 Å². The lowest BCUT2D eigenvalue weighted by molar-refractivity contribution is 0.102. The van der Waals surface area contributed by atoms with Crippen molar-refractivity contribution in [3.63, 3.8) is 0 Å². The van der Waals surface area contributed by atoms with E-state index in [1.165, 1.54) is 11.3 Å². The van der Waals surface area contributed by atoms with Crippen LogP contribution in [0.25, 0.3) is 0 Å². The molecule has 3 rings (SSSR count). The van der Waals surface area contributed by atoms with Gasteiger partial charge in [0, 0.05) is 11.6 Å². The highest BCUT2D eigenvalue weighted by atomic mass is 32.1. The molecule has 1 aromatic carbocycles. The van der Waals surface area contributed by atoms with Crippen molar-refractivity contribution in [3.05, 3.63) is 71.1 Å². The Labute approximate surface area is 126 Å². The van der Waals surface area contributed by atoms with Crippen molar-refractivity contribution in [2.24, 2.45) is 0 Å². The topological polar surface area (TPSA) is 51.2 Å². The van der Waals surface area contributed by atoms with Crippen LogP contribution in [0.2, 0.25) is 0 Å². The summed E-state index contributed by atoms with van der Waals surface area (Å²) in [5.74, 6) is 0.858. The monoisotopic (exact) mass is 296 g/mol. The van der Waals surface area contributed by atoms with Crippen molar-refractivity contribution in [2.75, 3.05) is 5.32 Å². The number of thiophene rings is 1. The molecule has 0 atom stereocenters. The van der Waals surface area contributed by atoms with E-state index in [0.717, 1.165) is 0 Å². The van der Waals surface area contributed by atoms with Gasteiger partial charge < -0.3 is 10.1 Å². The van der Waals surface area contributed by atoms with Gasteiger partial charge in [-0.2, -0.15) is 11.3 Å². The lowest BCUT2D eigenvalue weighted by atomic mass is 10.3. The van der Waals surface area contributed by atoms with Crippen molar-refractivity contribution < 1.29 is 9.53 Å². The summed E-state index contributed by atoms with van der Waals surface area (Å²) in [4.78, 5) is 16.3. The molecule has 1 N–H and O–H groups in total. The molecule has 104 valence electrons. The second kappa shape index (κ2) is 6.19. The van der Waals surface area contributed by atoms with Gasteiger partial charge in [-0.1, -0.05) is 18.2 Å². The molecule has 21 heavy (non-hydrogen) atoms. The molecule has 0 fully saturated rings. The van der Waals surface area contributed by atoms with Crippen LogP contribution in [0, 0.1) is 0 Å². The number of para-hydroxylation sites is 1. The largest absolute Gasteiger partial charge is 0.437 e. The molecule has 3 aromatic rings. The average Bonchev–Trinajstić information content (AvgIpc) is 3.05. The first-order valence-electron chi connectivity index (χ1n) is 6.34. The zero-order valence-electron chi connectivity index (χ0n) is 11.0. The summed E-state index contributed by atoms with van der Waals surface area (Å²) in [6.45, 7) is 0. The maximum atomic E-state index is 12.1. The Balaban J connectivity index is 1.81. The number of anilines is 1. The van der Waals surface area contributed by atoms with E-state index < -0.39 is 0 Å². The minimum Gasteiger partial charge on any atom is -0.437 e. The van der Waals surface area contributed by atoms with Crippen LogP contribution < -0.4 is 10.1 Å². The molecule has 0 radical (unpaired) electrons. The van der Waals surface area contributed by atoms with Crippen LogP contribution in [0.3, 0.4) is 0 Å². The van der Waals surface area contributed by atoms with Gasteiger partial charge >= 0.3 is 0 Å². The van der Waals surface area contributed by atoms with Crippen LogP contribution >= 0.6 is 11.3 Å². The van der Waals surface area contributed by atoms with E-state index in [-0.39, 0.29) is 5.91 Å². The number of rotatable bonds is 4. The van der Waals surface area contributed by atoms with Crippen molar-refractivity contribution in [1.82, 2.24) is 4.98 Å². The first-order valence-corrected chi connectivity index (χ1v) is 7.29. The average molecular weight is 296 g/mol. The number of carbonyl (C=O) groups is 1. The Morgan fingerprint density at radius 1 is 1.10 bits per heavy atom. The molecular formula is C16H12N2O2S. The zero-order chi connectivity index (χ0) is 14.5. The van der Waals surface area contributed by atoms with Gasteiger partial charge in [-0.15, -0.1) is 0 Å². The minimum atomic E-state index is -0.179. The van der Waals surface area contributed by atoms with E-state index in [0.29, 0.717) is 22.9 Å². The molecule has 4 nitrogen and oxygen atoms in total. The summed E-state index contributed by atoms with van der Waals surface area (Å²) in [7, 11) is 0. The summed E-state index contributed by atoms with van der Waals surface area (Å²) in [5, 5.41) is 6.47. The van der Waals surface area contributed by atoms with E-state index in [2.05, 4.69) is 10.3 Å². The number of benzene rings is 1. The van der Waals surface area contributed by atoms with E-state index in [4.69, 9.17) is 4.74 Å². The molecule has 0 saturated heterocycles. The molecule has 0 spiro atoms. The van der Waals surface area contributed by atoms with Crippen molar-refractivity contribution in [2.45, 2.75) is 0 Å². The summed E-state index contributed by atoms with van der Waals surface area (Å²) in [6, 6.07) is 14.6. The maximum absolute atomic E-state index is 12.1. The van der Waals surface area contributed by atoms with Gasteiger partial charge in [-0.25, -0.2) is 4.98 Å². The number of hydrogen-bond donors (Lipinski definition) is 1. The van der Waals surface area contributed by atoms with Gasteiger partial charge in [-0.05, 0) is 35.7 Å². The molecule has 0 unspecified atom stereocenters. The van der Waals surface area contributed by atoms with E-state index in [9.17, 15) is 4.79 Å². The van der Waals surface area contributed by atoms with E-state index in [1.807, 2.05) is 35.7 Å². The summed E-state index contributed by atoms with van der Waals surface area (Å²) < 4.78 is 5.70. The van der Waals surface area contributed by atoms with Gasteiger partial charge in [0.05, 0.1) is 5.56 Å². The third-order valence-electron chi connectivity index (χ3n) is 2.76. The first-order chi connectivity index (χ1) is 10.3. The number of carbonyl (C=O) groups excluding carboxylic acids is 1. The van der Waals surface area contributed by atoms with Crippen LogP contribution in [0.4, 0.5) is 5.69 Å². The van der Waals surface area contributed by atoms with Gasteiger partial charge in [0.1, 0.15) is 11.4 Å². The van der Waals surface area contributed by atoms with Gasteiger partial charge in [-0.3, -0.25) is 4.79 Å². The Morgan fingerprint density at radius 2 is 1.95 bits per heavy atom. The number of amides is 1. The Bertz CT molecular complexity index is 727. The molecule has 0 saturated carbocycles. The minimum absolute atomic E-state index is 0.179. The summed E-state index contributed by atoms with van der Waals surface area (Å²) in [5.41, 5.74) is 1.16. The number of nitrogens with one attached hydrogen (secondary N) is 1. The molecule has 0 aliphatic heterocycles. The highest BCUT2D eigenvalue weighted by Crippen LogP contribution is 2.27. The van der Waals surface area contributed by atoms with Crippen molar-refractivity contribution in [1.29, 1.82) is 0 Å². The van der Waals surface area contributed by atoms with Crippen LogP contribution in [0.5, 0.6) is 11.6 Å². The third kappa shape index (κ3) is 3.27. The first kappa shape index (κ1) is 13.3. The van der Waals surface area contributed by atoms with Crippen LogP contribution in [0.1, 0.15) is 10.4 Å². The molecule has 2 heterocycles. The normalized spacial score (nSPS) is 10.1. The Kier molecular flexibility index (Phi) is 3.93. The predicted octanol–water partition coefficient (Wildman–Crippen LogP) is 4.19. The highest BCUT2D eigenvalue weighted by Gasteiger charge is 2.11. The highest BCUT2D eigenvalue weighted by molar-refractivity contribution is 7.08. The van der Waals surface area contributed by atoms with Crippen LogP contribution in [-0.2, 0) is 0 Å². The third-order valence-corrected chi connectivity index (χ3v) is 3.44. The fourth-order valence-electron chi connectivity index (χ4n) is 1.76. The predicted molar refractivity (Wildman–Crippen MR) is 83.0 cm³/mol. The summed E-state index contributed by atoms with van der Waals surface area (Å²) in [6.07, 6.45) is 1.62. The van der Waals surface area contributed by atoms with Crippen molar-refractivity contribution in [3.8, 4) is 11.6 Å². The molecule has 2 aromatic heterocycles. The van der Waals surface area contributed by atoms with Gasteiger partial charge in [0.15, 0.2) is 0 Å². The fraction of sp³-hybridized carbons (Fsp3) is 0. The standard InChI is InChI=1S/C16H12N2O2S/c19-15(12-8-10-21-11-12)18-14-7-4-9-17-16(14)20-13-5-2-1-3-6-13/h1-11H,(H,18,19). The number of aromatic nitrogens is 1. The number of ether oxygens (including phenoxy) is 1. The number of nitrogens with zero attached hydrogens (tertiary/aromatic N) is 1. The van der Waals surface area contributed by atoms with Crippen molar-refractivity contribution >= 4 is 22.9 Å². The zero-order valence-corrected chi connectivity index (χ0v) is 11.8. The second-order valence-electron chi connectivity index (χ2n) is 4.24. The van der Waals surface area contributed by atoms with E-state index in [1.54, 1.807) is 29.8 Å². The van der Waals surface area contributed by atoms with Crippen LogP contribution in [-0.4, -0.2) is 10.9 Å².